The molecular formula is C11H13N3. The highest BCUT2D eigenvalue weighted by atomic mass is 15.0. The van der Waals surface area contributed by atoms with Crippen molar-refractivity contribution in [3.05, 3.63) is 36.4 Å². The average molecular weight is 187 g/mol. The fourth-order valence-corrected chi connectivity index (χ4v) is 2.14. The summed E-state index contributed by atoms with van der Waals surface area (Å²) in [5, 5.41) is 3.37. The molecule has 1 atom stereocenters. The van der Waals surface area contributed by atoms with Crippen LogP contribution in [-0.2, 0) is 0 Å². The highest BCUT2D eigenvalue weighted by Gasteiger charge is 2.20. The molecule has 0 aliphatic carbocycles. The summed E-state index contributed by atoms with van der Waals surface area (Å²) in [6.45, 7) is 2.18. The summed E-state index contributed by atoms with van der Waals surface area (Å²) in [6, 6.07) is 6.20. The Kier molecular flexibility index (Phi) is 1.77. The Bertz CT molecular complexity index is 440. The van der Waals surface area contributed by atoms with Gasteiger partial charge in [0.2, 0.25) is 0 Å². The molecule has 14 heavy (non-hydrogen) atoms. The molecule has 0 bridgehead atoms. The lowest BCUT2D eigenvalue weighted by Crippen LogP contribution is -2.10. The first kappa shape index (κ1) is 8.00. The summed E-state index contributed by atoms with van der Waals surface area (Å²) in [7, 11) is 0. The Labute approximate surface area is 82.8 Å². The predicted octanol–water partition coefficient (Wildman–Crippen LogP) is 1.41. The van der Waals surface area contributed by atoms with Crippen LogP contribution in [0, 0.1) is 0 Å². The summed E-state index contributed by atoms with van der Waals surface area (Å²) in [4.78, 5) is 4.50. The van der Waals surface area contributed by atoms with Crippen LogP contribution in [0.2, 0.25) is 0 Å². The Balaban J connectivity index is 2.11. The number of pyridine rings is 1. The van der Waals surface area contributed by atoms with E-state index in [1.54, 1.807) is 0 Å². The van der Waals surface area contributed by atoms with Gasteiger partial charge >= 0.3 is 0 Å². The second-order valence-corrected chi connectivity index (χ2v) is 3.80. The lowest BCUT2D eigenvalue weighted by molar-refractivity contribution is 0.699. The van der Waals surface area contributed by atoms with E-state index in [1.165, 1.54) is 17.8 Å². The van der Waals surface area contributed by atoms with Gasteiger partial charge < -0.3 is 9.72 Å². The van der Waals surface area contributed by atoms with E-state index in [1.807, 2.05) is 12.3 Å². The zero-order chi connectivity index (χ0) is 9.38. The van der Waals surface area contributed by atoms with Crippen LogP contribution >= 0.6 is 0 Å². The molecular weight excluding hydrogens is 174 g/mol. The molecule has 3 heteroatoms. The standard InChI is InChI=1S/C11H13N3/c1-2-6-14-10(3-1)8-13-11(14)9-4-5-12-7-9/h1-3,6,8-9,12H,4-5,7H2/t9-/m0/s1. The van der Waals surface area contributed by atoms with Crippen molar-refractivity contribution in [3.63, 3.8) is 0 Å². The number of rotatable bonds is 1. The molecule has 72 valence electrons. The number of nitrogens with zero attached hydrogens (tertiary/aromatic N) is 2. The van der Waals surface area contributed by atoms with Gasteiger partial charge in [-0.05, 0) is 25.1 Å². The maximum atomic E-state index is 4.50. The topological polar surface area (TPSA) is 29.3 Å². The van der Waals surface area contributed by atoms with E-state index in [-0.39, 0.29) is 0 Å². The lowest BCUT2D eigenvalue weighted by atomic mass is 10.1. The van der Waals surface area contributed by atoms with Crippen molar-refractivity contribution in [1.29, 1.82) is 0 Å². The molecule has 0 spiro atoms. The lowest BCUT2D eigenvalue weighted by Gasteiger charge is -2.06. The monoisotopic (exact) mass is 187 g/mol. The quantitative estimate of drug-likeness (QED) is 0.731. The van der Waals surface area contributed by atoms with Gasteiger partial charge in [-0.25, -0.2) is 4.98 Å². The van der Waals surface area contributed by atoms with Crippen LogP contribution in [0.3, 0.4) is 0 Å². The molecule has 1 aliphatic heterocycles. The molecule has 3 heterocycles. The molecule has 1 saturated heterocycles. The molecule has 1 fully saturated rings. The average Bonchev–Trinajstić information content (AvgIpc) is 2.85. The number of aromatic nitrogens is 2. The molecule has 1 N–H and O–H groups in total. The first-order valence-electron chi connectivity index (χ1n) is 5.08. The van der Waals surface area contributed by atoms with Gasteiger partial charge in [-0.15, -0.1) is 0 Å². The van der Waals surface area contributed by atoms with Gasteiger partial charge in [-0.3, -0.25) is 0 Å². The molecule has 0 aromatic carbocycles. The Morgan fingerprint density at radius 1 is 1.43 bits per heavy atom. The number of nitrogens with one attached hydrogen (secondary N) is 1. The number of hydrogen-bond donors (Lipinski definition) is 1. The van der Waals surface area contributed by atoms with Gasteiger partial charge in [-0.1, -0.05) is 6.07 Å². The fourth-order valence-electron chi connectivity index (χ4n) is 2.14. The van der Waals surface area contributed by atoms with Gasteiger partial charge in [0, 0.05) is 18.7 Å². The maximum absolute atomic E-state index is 4.50. The first-order valence-corrected chi connectivity index (χ1v) is 5.08. The minimum absolute atomic E-state index is 0.583. The summed E-state index contributed by atoms with van der Waals surface area (Å²) < 4.78 is 2.19. The molecule has 2 aromatic rings. The van der Waals surface area contributed by atoms with Crippen molar-refractivity contribution in [2.45, 2.75) is 12.3 Å². The molecule has 0 saturated carbocycles. The molecule has 1 aliphatic rings. The van der Waals surface area contributed by atoms with Gasteiger partial charge in [0.1, 0.15) is 5.82 Å². The largest absolute Gasteiger partial charge is 0.316 e. The molecule has 0 amide bonds. The molecule has 0 unspecified atom stereocenters. The summed E-state index contributed by atoms with van der Waals surface area (Å²) in [5.74, 6) is 1.78. The Hall–Kier alpha value is -1.35. The fraction of sp³-hybridized carbons (Fsp3) is 0.364. The smallest absolute Gasteiger partial charge is 0.117 e. The van der Waals surface area contributed by atoms with Gasteiger partial charge in [-0.2, -0.15) is 0 Å². The zero-order valence-electron chi connectivity index (χ0n) is 7.98. The van der Waals surface area contributed by atoms with Crippen molar-refractivity contribution in [2.75, 3.05) is 13.1 Å². The second kappa shape index (κ2) is 3.10. The van der Waals surface area contributed by atoms with Gasteiger partial charge in [0.25, 0.3) is 0 Å². The van der Waals surface area contributed by atoms with Crippen molar-refractivity contribution >= 4 is 5.52 Å². The number of imidazole rings is 1. The van der Waals surface area contributed by atoms with Crippen molar-refractivity contribution in [1.82, 2.24) is 14.7 Å². The van der Waals surface area contributed by atoms with E-state index >= 15 is 0 Å². The summed E-state index contributed by atoms with van der Waals surface area (Å²) in [5.41, 5.74) is 1.19. The van der Waals surface area contributed by atoms with Crippen LogP contribution in [-0.4, -0.2) is 22.5 Å². The van der Waals surface area contributed by atoms with Crippen molar-refractivity contribution in [3.8, 4) is 0 Å². The minimum Gasteiger partial charge on any atom is -0.316 e. The third-order valence-corrected chi connectivity index (χ3v) is 2.89. The van der Waals surface area contributed by atoms with E-state index in [0.29, 0.717) is 5.92 Å². The molecule has 3 nitrogen and oxygen atoms in total. The first-order chi connectivity index (χ1) is 6.95. The Morgan fingerprint density at radius 3 is 3.29 bits per heavy atom. The highest BCUT2D eigenvalue weighted by Crippen LogP contribution is 2.21. The minimum atomic E-state index is 0.583. The summed E-state index contributed by atoms with van der Waals surface area (Å²) in [6.07, 6.45) is 5.25. The highest BCUT2D eigenvalue weighted by molar-refractivity contribution is 5.46. The second-order valence-electron chi connectivity index (χ2n) is 3.80. The van der Waals surface area contributed by atoms with Crippen LogP contribution in [0.5, 0.6) is 0 Å². The van der Waals surface area contributed by atoms with Crippen LogP contribution in [0.1, 0.15) is 18.2 Å². The third-order valence-electron chi connectivity index (χ3n) is 2.89. The van der Waals surface area contributed by atoms with E-state index in [4.69, 9.17) is 0 Å². The SMILES string of the molecule is c1ccn2c([C@H]3CCNC3)ncc2c1. The molecule has 3 rings (SSSR count). The van der Waals surface area contributed by atoms with E-state index < -0.39 is 0 Å². The normalized spacial score (nSPS) is 21.9. The van der Waals surface area contributed by atoms with Gasteiger partial charge in [0.15, 0.2) is 0 Å². The van der Waals surface area contributed by atoms with Crippen molar-refractivity contribution in [2.24, 2.45) is 0 Å². The van der Waals surface area contributed by atoms with E-state index in [2.05, 4.69) is 33.0 Å². The van der Waals surface area contributed by atoms with Gasteiger partial charge in [0.05, 0.1) is 11.7 Å². The van der Waals surface area contributed by atoms with E-state index in [0.717, 1.165) is 13.1 Å². The predicted molar refractivity (Wildman–Crippen MR) is 55.4 cm³/mol. The van der Waals surface area contributed by atoms with Crippen molar-refractivity contribution < 1.29 is 0 Å². The van der Waals surface area contributed by atoms with Crippen LogP contribution in [0.15, 0.2) is 30.6 Å². The molecule has 2 aromatic heterocycles. The van der Waals surface area contributed by atoms with Crippen LogP contribution in [0.4, 0.5) is 0 Å². The zero-order valence-corrected chi connectivity index (χ0v) is 7.98. The third kappa shape index (κ3) is 1.13. The maximum Gasteiger partial charge on any atom is 0.117 e. The number of hydrogen-bond acceptors (Lipinski definition) is 2. The van der Waals surface area contributed by atoms with Crippen LogP contribution in [0.25, 0.3) is 5.52 Å². The number of fused-ring (bicyclic) bond motifs is 1. The van der Waals surface area contributed by atoms with Crippen LogP contribution < -0.4 is 5.32 Å². The van der Waals surface area contributed by atoms with E-state index in [9.17, 15) is 0 Å². The molecule has 0 radical (unpaired) electrons. The summed E-state index contributed by atoms with van der Waals surface area (Å²) >= 11 is 0. The Morgan fingerprint density at radius 2 is 2.43 bits per heavy atom.